The molecule has 0 amide bonds. The molecule has 2 heteroatoms. The van der Waals surface area contributed by atoms with Gasteiger partial charge in [0.2, 0.25) is 0 Å². The molecule has 0 radical (unpaired) electrons. The van der Waals surface area contributed by atoms with Crippen LogP contribution in [-0.2, 0) is 0 Å². The molecule has 0 aromatic rings. The van der Waals surface area contributed by atoms with Crippen molar-refractivity contribution >= 4 is 0 Å². The van der Waals surface area contributed by atoms with Crippen LogP contribution in [0.3, 0.4) is 0 Å². The van der Waals surface area contributed by atoms with E-state index in [9.17, 15) is 0 Å². The lowest BCUT2D eigenvalue weighted by Gasteiger charge is -2.19. The van der Waals surface area contributed by atoms with Crippen LogP contribution in [0, 0.1) is 0 Å². The minimum absolute atomic E-state index is 1.03. The molecule has 2 nitrogen and oxygen atoms in total. The van der Waals surface area contributed by atoms with E-state index in [0.717, 1.165) is 26.2 Å². The summed E-state index contributed by atoms with van der Waals surface area (Å²) in [5.74, 6) is 0. The predicted octanol–water partition coefficient (Wildman–Crippen LogP) is 1.10. The summed E-state index contributed by atoms with van der Waals surface area (Å²) in [4.78, 5) is 2.37. The second-order valence-corrected chi connectivity index (χ2v) is 2.93. The molecule has 0 unspecified atom stereocenters. The maximum Gasteiger partial charge on any atom is 0.0187 e. The Morgan fingerprint density at radius 1 is 1.55 bits per heavy atom. The van der Waals surface area contributed by atoms with Crippen molar-refractivity contribution in [1.82, 2.24) is 10.2 Å². The summed E-state index contributed by atoms with van der Waals surface area (Å²) in [6.45, 7) is 12.4. The number of rotatable bonds is 6. The average molecular weight is 156 g/mol. The predicted molar refractivity (Wildman–Crippen MR) is 50.9 cm³/mol. The molecule has 0 fully saturated rings. The Kier molecular flexibility index (Phi) is 6.18. The highest BCUT2D eigenvalue weighted by Gasteiger charge is 1.99. The van der Waals surface area contributed by atoms with E-state index >= 15 is 0 Å². The molecule has 11 heavy (non-hydrogen) atoms. The van der Waals surface area contributed by atoms with Crippen LogP contribution in [0.5, 0.6) is 0 Å². The molecule has 0 spiro atoms. The minimum Gasteiger partial charge on any atom is -0.318 e. The average Bonchev–Trinajstić information content (AvgIpc) is 1.97. The Morgan fingerprint density at radius 2 is 2.18 bits per heavy atom. The van der Waals surface area contributed by atoms with E-state index < -0.39 is 0 Å². The van der Waals surface area contributed by atoms with E-state index in [1.165, 1.54) is 5.57 Å². The van der Waals surface area contributed by atoms with E-state index in [2.05, 4.69) is 30.6 Å². The quantitative estimate of drug-likeness (QED) is 0.579. The van der Waals surface area contributed by atoms with Gasteiger partial charge in [0.25, 0.3) is 0 Å². The van der Waals surface area contributed by atoms with Gasteiger partial charge < -0.3 is 5.32 Å². The zero-order valence-corrected chi connectivity index (χ0v) is 7.98. The van der Waals surface area contributed by atoms with Gasteiger partial charge in [-0.3, -0.25) is 4.90 Å². The van der Waals surface area contributed by atoms with Gasteiger partial charge in [-0.05, 0) is 20.5 Å². The Hall–Kier alpha value is -0.340. The van der Waals surface area contributed by atoms with Gasteiger partial charge in [-0.15, -0.1) is 0 Å². The van der Waals surface area contributed by atoms with E-state index in [0.29, 0.717) is 0 Å². The van der Waals surface area contributed by atoms with Crippen molar-refractivity contribution in [2.45, 2.75) is 13.8 Å². The van der Waals surface area contributed by atoms with Gasteiger partial charge >= 0.3 is 0 Å². The Balaban J connectivity index is 3.49. The van der Waals surface area contributed by atoms with Crippen molar-refractivity contribution in [3.63, 3.8) is 0 Å². The molecule has 0 aliphatic heterocycles. The fourth-order valence-corrected chi connectivity index (χ4v) is 1.00. The highest BCUT2D eigenvalue weighted by Crippen LogP contribution is 1.93. The summed E-state index contributed by atoms with van der Waals surface area (Å²) in [6, 6.07) is 0. The smallest absolute Gasteiger partial charge is 0.0187 e. The lowest BCUT2D eigenvalue weighted by molar-refractivity contribution is 0.314. The second-order valence-electron chi connectivity index (χ2n) is 2.93. The fraction of sp³-hybridized carbons (Fsp3) is 0.778. The van der Waals surface area contributed by atoms with Crippen molar-refractivity contribution in [2.75, 3.05) is 33.2 Å². The summed E-state index contributed by atoms with van der Waals surface area (Å²) in [5.41, 5.74) is 1.24. The largest absolute Gasteiger partial charge is 0.318 e. The highest BCUT2D eigenvalue weighted by molar-refractivity contribution is 4.91. The van der Waals surface area contributed by atoms with Crippen molar-refractivity contribution < 1.29 is 0 Å². The molecule has 0 aliphatic carbocycles. The van der Waals surface area contributed by atoms with Crippen LogP contribution in [-0.4, -0.2) is 38.1 Å². The standard InChI is InChI=1S/C9H20N2/c1-5-11(7-6-10-4)8-9(2)3/h10H,2,5-8H2,1,3-4H3. The van der Waals surface area contributed by atoms with Gasteiger partial charge in [-0.25, -0.2) is 0 Å². The third kappa shape index (κ3) is 6.07. The van der Waals surface area contributed by atoms with Crippen molar-refractivity contribution in [3.05, 3.63) is 12.2 Å². The second kappa shape index (κ2) is 6.38. The molecular formula is C9H20N2. The number of hydrogen-bond acceptors (Lipinski definition) is 2. The van der Waals surface area contributed by atoms with E-state index in [4.69, 9.17) is 0 Å². The van der Waals surface area contributed by atoms with Crippen LogP contribution in [0.25, 0.3) is 0 Å². The number of nitrogens with one attached hydrogen (secondary N) is 1. The molecule has 0 saturated heterocycles. The van der Waals surface area contributed by atoms with Gasteiger partial charge in [0.05, 0.1) is 0 Å². The monoisotopic (exact) mass is 156 g/mol. The lowest BCUT2D eigenvalue weighted by Crippen LogP contribution is -2.31. The molecule has 0 bridgehead atoms. The molecule has 1 N–H and O–H groups in total. The third-order valence-corrected chi connectivity index (χ3v) is 1.62. The SMILES string of the molecule is C=C(C)CN(CC)CCNC. The zero-order valence-electron chi connectivity index (χ0n) is 7.98. The maximum atomic E-state index is 3.89. The third-order valence-electron chi connectivity index (χ3n) is 1.62. The summed E-state index contributed by atoms with van der Waals surface area (Å²) < 4.78 is 0. The molecule has 0 aromatic heterocycles. The number of hydrogen-bond donors (Lipinski definition) is 1. The molecule has 0 atom stereocenters. The first kappa shape index (κ1) is 10.7. The zero-order chi connectivity index (χ0) is 8.69. The summed E-state index contributed by atoms with van der Waals surface area (Å²) >= 11 is 0. The Bertz CT molecular complexity index is 110. The van der Waals surface area contributed by atoms with Crippen molar-refractivity contribution in [1.29, 1.82) is 0 Å². The molecule has 0 rings (SSSR count). The van der Waals surface area contributed by atoms with E-state index in [1.54, 1.807) is 0 Å². The number of nitrogens with zero attached hydrogens (tertiary/aromatic N) is 1. The maximum absolute atomic E-state index is 3.89. The Labute approximate surface area is 70.3 Å². The van der Waals surface area contributed by atoms with Crippen LogP contribution in [0.2, 0.25) is 0 Å². The van der Waals surface area contributed by atoms with Gasteiger partial charge in [0.15, 0.2) is 0 Å². The van der Waals surface area contributed by atoms with Gasteiger partial charge in [-0.1, -0.05) is 19.1 Å². The molecule has 0 aromatic carbocycles. The molecular weight excluding hydrogens is 136 g/mol. The first-order valence-electron chi connectivity index (χ1n) is 4.22. The van der Waals surface area contributed by atoms with Gasteiger partial charge in [-0.2, -0.15) is 0 Å². The summed E-state index contributed by atoms with van der Waals surface area (Å²) in [5, 5.41) is 3.13. The van der Waals surface area contributed by atoms with E-state index in [-0.39, 0.29) is 0 Å². The molecule has 0 heterocycles. The van der Waals surface area contributed by atoms with E-state index in [1.807, 2.05) is 7.05 Å². The lowest BCUT2D eigenvalue weighted by atomic mass is 10.3. The van der Waals surface area contributed by atoms with Crippen molar-refractivity contribution in [2.24, 2.45) is 0 Å². The normalized spacial score (nSPS) is 10.5. The molecule has 0 saturated carbocycles. The molecule has 66 valence electrons. The highest BCUT2D eigenvalue weighted by atomic mass is 15.1. The first-order valence-corrected chi connectivity index (χ1v) is 4.22. The summed E-state index contributed by atoms with van der Waals surface area (Å²) in [7, 11) is 1.98. The number of likely N-dealkylation sites (N-methyl/N-ethyl adjacent to an activating group) is 2. The van der Waals surface area contributed by atoms with Crippen LogP contribution in [0.4, 0.5) is 0 Å². The van der Waals surface area contributed by atoms with Gasteiger partial charge in [0.1, 0.15) is 0 Å². The first-order chi connectivity index (χ1) is 5.20. The summed E-state index contributed by atoms with van der Waals surface area (Å²) in [6.07, 6.45) is 0. The van der Waals surface area contributed by atoms with Crippen LogP contribution in [0.1, 0.15) is 13.8 Å². The van der Waals surface area contributed by atoms with Crippen LogP contribution < -0.4 is 5.32 Å². The topological polar surface area (TPSA) is 15.3 Å². The molecule has 0 aliphatic rings. The van der Waals surface area contributed by atoms with Crippen LogP contribution >= 0.6 is 0 Å². The fourth-order valence-electron chi connectivity index (χ4n) is 1.00. The van der Waals surface area contributed by atoms with Gasteiger partial charge in [0, 0.05) is 19.6 Å². The van der Waals surface area contributed by atoms with Crippen molar-refractivity contribution in [3.8, 4) is 0 Å². The van der Waals surface area contributed by atoms with Crippen LogP contribution in [0.15, 0.2) is 12.2 Å². The minimum atomic E-state index is 1.03. The Morgan fingerprint density at radius 3 is 2.55 bits per heavy atom.